The Kier molecular flexibility index (Phi) is 4.42. The molecule has 1 aliphatic carbocycles. The van der Waals surface area contributed by atoms with Crippen LogP contribution >= 0.6 is 11.8 Å². The van der Waals surface area contributed by atoms with Crippen molar-refractivity contribution in [1.29, 1.82) is 0 Å². The summed E-state index contributed by atoms with van der Waals surface area (Å²) < 4.78 is 23.2. The van der Waals surface area contributed by atoms with Crippen LogP contribution in [-0.4, -0.2) is 72.3 Å². The van der Waals surface area contributed by atoms with Crippen LogP contribution in [0.5, 0.6) is 0 Å². The molecule has 8 heteroatoms. The van der Waals surface area contributed by atoms with E-state index >= 15 is 0 Å². The van der Waals surface area contributed by atoms with Crippen LogP contribution in [0.4, 0.5) is 0 Å². The van der Waals surface area contributed by atoms with Gasteiger partial charge in [0.25, 0.3) is 0 Å². The number of likely N-dealkylation sites (tertiary alicyclic amines) is 1. The van der Waals surface area contributed by atoms with Gasteiger partial charge in [-0.2, -0.15) is 0 Å². The molecule has 1 saturated carbocycles. The predicted molar refractivity (Wildman–Crippen MR) is 85.1 cm³/mol. The average Bonchev–Trinajstić information content (AvgIpc) is 3.04. The maximum atomic E-state index is 12.7. The topological polar surface area (TPSA) is 74.8 Å². The predicted octanol–water partition coefficient (Wildman–Crippen LogP) is 0.334. The molecule has 22 heavy (non-hydrogen) atoms. The summed E-state index contributed by atoms with van der Waals surface area (Å²) in [4.78, 5) is 28.5. The molecule has 124 valence electrons. The molecule has 3 aliphatic rings. The van der Waals surface area contributed by atoms with Crippen LogP contribution in [0.15, 0.2) is 0 Å². The number of carbonyl (C=O) groups is 2. The largest absolute Gasteiger partial charge is 0.340 e. The Hall–Kier alpha value is -0.760. The zero-order valence-electron chi connectivity index (χ0n) is 12.7. The Labute approximate surface area is 135 Å². The van der Waals surface area contributed by atoms with Crippen LogP contribution in [0.3, 0.4) is 0 Å². The van der Waals surface area contributed by atoms with Crippen LogP contribution < -0.4 is 0 Å². The molecule has 0 aromatic heterocycles. The molecule has 0 unspecified atom stereocenters. The highest BCUT2D eigenvalue weighted by Crippen LogP contribution is 2.33. The monoisotopic (exact) mass is 346 g/mol. The highest BCUT2D eigenvalue weighted by Gasteiger charge is 2.42. The number of hydrogen-bond acceptors (Lipinski definition) is 5. The van der Waals surface area contributed by atoms with Crippen LogP contribution in [-0.2, 0) is 19.4 Å². The van der Waals surface area contributed by atoms with Gasteiger partial charge >= 0.3 is 0 Å². The van der Waals surface area contributed by atoms with Gasteiger partial charge in [0.15, 0.2) is 9.84 Å². The van der Waals surface area contributed by atoms with Gasteiger partial charge in [0, 0.05) is 31.0 Å². The Morgan fingerprint density at radius 2 is 1.86 bits per heavy atom. The number of carbonyl (C=O) groups excluding carboxylic acids is 2. The molecule has 0 radical (unpaired) electrons. The first-order chi connectivity index (χ1) is 10.4. The highest BCUT2D eigenvalue weighted by atomic mass is 32.2. The number of amides is 2. The molecule has 3 fully saturated rings. The minimum Gasteiger partial charge on any atom is -0.340 e. The zero-order chi connectivity index (χ0) is 15.9. The van der Waals surface area contributed by atoms with E-state index in [-0.39, 0.29) is 24.3 Å². The van der Waals surface area contributed by atoms with E-state index in [2.05, 4.69) is 0 Å². The molecule has 0 spiro atoms. The fourth-order valence-corrected chi connectivity index (χ4v) is 5.38. The summed E-state index contributed by atoms with van der Waals surface area (Å²) in [6.07, 6.45) is 4.68. The normalized spacial score (nSPS) is 29.7. The second kappa shape index (κ2) is 6.03. The zero-order valence-corrected chi connectivity index (χ0v) is 14.4. The van der Waals surface area contributed by atoms with Crippen molar-refractivity contribution < 1.29 is 18.0 Å². The van der Waals surface area contributed by atoms with Gasteiger partial charge in [-0.3, -0.25) is 9.59 Å². The minimum atomic E-state index is -3.11. The van der Waals surface area contributed by atoms with Gasteiger partial charge in [-0.15, -0.1) is 11.8 Å². The van der Waals surface area contributed by atoms with Gasteiger partial charge in [0.05, 0.1) is 11.1 Å². The lowest BCUT2D eigenvalue weighted by atomic mass is 9.84. The number of thioether (sulfide) groups is 1. The quantitative estimate of drug-likeness (QED) is 0.736. The van der Waals surface area contributed by atoms with Gasteiger partial charge in [0.2, 0.25) is 11.8 Å². The Morgan fingerprint density at radius 3 is 2.41 bits per heavy atom. The van der Waals surface area contributed by atoms with Crippen LogP contribution in [0.1, 0.15) is 25.7 Å². The number of rotatable bonds is 3. The van der Waals surface area contributed by atoms with Gasteiger partial charge in [-0.25, -0.2) is 8.42 Å². The highest BCUT2D eigenvalue weighted by molar-refractivity contribution is 7.99. The van der Waals surface area contributed by atoms with Crippen molar-refractivity contribution in [1.82, 2.24) is 9.80 Å². The molecule has 0 N–H and O–H groups in total. The molecule has 2 heterocycles. The third kappa shape index (κ3) is 2.99. The van der Waals surface area contributed by atoms with E-state index in [1.54, 1.807) is 21.6 Å². The third-order valence-corrected chi connectivity index (χ3v) is 7.58. The summed E-state index contributed by atoms with van der Waals surface area (Å²) in [5, 5.41) is -0.457. The molecule has 2 amide bonds. The molecule has 2 aliphatic heterocycles. The molecule has 6 nitrogen and oxygen atoms in total. The van der Waals surface area contributed by atoms with Crippen molar-refractivity contribution in [2.45, 2.75) is 37.0 Å². The lowest BCUT2D eigenvalue weighted by Gasteiger charge is -2.33. The third-order valence-electron chi connectivity index (χ3n) is 4.97. The molecule has 2 atom stereocenters. The first kappa shape index (κ1) is 16.1. The van der Waals surface area contributed by atoms with Gasteiger partial charge < -0.3 is 9.80 Å². The van der Waals surface area contributed by atoms with Crippen LogP contribution in [0.25, 0.3) is 0 Å². The molecular weight excluding hydrogens is 324 g/mol. The maximum Gasteiger partial charge on any atom is 0.246 e. The summed E-state index contributed by atoms with van der Waals surface area (Å²) in [6, 6.07) is -0.406. The molecule has 2 saturated heterocycles. The molecule has 3 rings (SSSR count). The van der Waals surface area contributed by atoms with E-state index in [9.17, 15) is 18.0 Å². The van der Waals surface area contributed by atoms with Gasteiger partial charge in [0.1, 0.15) is 6.04 Å². The van der Waals surface area contributed by atoms with Gasteiger partial charge in [-0.05, 0) is 19.3 Å². The van der Waals surface area contributed by atoms with Gasteiger partial charge in [-0.1, -0.05) is 6.42 Å². The lowest BCUT2D eigenvalue weighted by molar-refractivity contribution is -0.146. The fraction of sp³-hybridized carbons (Fsp3) is 0.857. The summed E-state index contributed by atoms with van der Waals surface area (Å²) in [5.41, 5.74) is 0. The SMILES string of the molecule is CS(=O)(=O)[C@H]1CCN(C(=O)[C@H]2CSCN2C(=O)C2CCC2)C1. The van der Waals surface area contributed by atoms with E-state index in [0.29, 0.717) is 24.6 Å². The Morgan fingerprint density at radius 1 is 1.14 bits per heavy atom. The standard InChI is InChI=1S/C14H22N2O4S2/c1-22(19,20)11-5-6-15(7-11)14(18)12-8-21-9-16(12)13(17)10-3-2-4-10/h10-12H,2-9H2,1H3/t11-,12+/m0/s1. The molecule has 0 aromatic carbocycles. The molecular formula is C14H22N2O4S2. The van der Waals surface area contributed by atoms with Crippen molar-refractivity contribution >= 4 is 33.4 Å². The van der Waals surface area contributed by atoms with E-state index in [4.69, 9.17) is 0 Å². The average molecular weight is 346 g/mol. The van der Waals surface area contributed by atoms with E-state index in [1.807, 2.05) is 0 Å². The fourth-order valence-electron chi connectivity index (χ4n) is 3.24. The second-order valence-electron chi connectivity index (χ2n) is 6.48. The number of nitrogens with zero attached hydrogens (tertiary/aromatic N) is 2. The summed E-state index contributed by atoms with van der Waals surface area (Å²) >= 11 is 1.60. The minimum absolute atomic E-state index is 0.0798. The maximum absolute atomic E-state index is 12.7. The van der Waals surface area contributed by atoms with Crippen LogP contribution in [0.2, 0.25) is 0 Å². The van der Waals surface area contributed by atoms with E-state index in [1.165, 1.54) is 6.26 Å². The van der Waals surface area contributed by atoms with Crippen molar-refractivity contribution in [3.8, 4) is 0 Å². The van der Waals surface area contributed by atoms with Crippen molar-refractivity contribution in [3.63, 3.8) is 0 Å². The van der Waals surface area contributed by atoms with E-state index in [0.717, 1.165) is 19.3 Å². The molecule has 0 bridgehead atoms. The Balaban J connectivity index is 1.65. The van der Waals surface area contributed by atoms with Crippen molar-refractivity contribution in [2.24, 2.45) is 5.92 Å². The summed E-state index contributed by atoms with van der Waals surface area (Å²) in [7, 11) is -3.11. The molecule has 0 aromatic rings. The number of sulfone groups is 1. The summed E-state index contributed by atoms with van der Waals surface area (Å²) in [6.45, 7) is 0.744. The summed E-state index contributed by atoms with van der Waals surface area (Å²) in [5.74, 6) is 1.32. The second-order valence-corrected chi connectivity index (χ2v) is 9.80. The first-order valence-electron chi connectivity index (χ1n) is 7.74. The van der Waals surface area contributed by atoms with Crippen molar-refractivity contribution in [2.75, 3.05) is 31.0 Å². The smallest absolute Gasteiger partial charge is 0.246 e. The van der Waals surface area contributed by atoms with Crippen LogP contribution in [0, 0.1) is 5.92 Å². The number of hydrogen-bond donors (Lipinski definition) is 0. The van der Waals surface area contributed by atoms with Crippen molar-refractivity contribution in [3.05, 3.63) is 0 Å². The Bertz CT molecular complexity index is 573. The van der Waals surface area contributed by atoms with E-state index < -0.39 is 21.1 Å². The first-order valence-corrected chi connectivity index (χ1v) is 10.8. The lowest BCUT2D eigenvalue weighted by Crippen LogP contribution is -2.50.